The topological polar surface area (TPSA) is 59.9 Å². The summed E-state index contributed by atoms with van der Waals surface area (Å²) in [6.45, 7) is -0.114. The van der Waals surface area contributed by atoms with Crippen molar-refractivity contribution in [2.75, 3.05) is 13.7 Å². The van der Waals surface area contributed by atoms with Gasteiger partial charge in [-0.1, -0.05) is 61.7 Å². The zero-order valence-electron chi connectivity index (χ0n) is 15.7. The van der Waals surface area contributed by atoms with Crippen LogP contribution in [0.3, 0.4) is 0 Å². The second-order valence-corrected chi connectivity index (χ2v) is 6.67. The van der Waals surface area contributed by atoms with E-state index in [9.17, 15) is 4.79 Å². The third kappa shape index (κ3) is 5.33. The van der Waals surface area contributed by atoms with E-state index in [0.717, 1.165) is 24.1 Å². The number of hydrazone groups is 1. The number of rotatable bonds is 7. The van der Waals surface area contributed by atoms with Gasteiger partial charge in [-0.15, -0.1) is 0 Å². The highest BCUT2D eigenvalue weighted by molar-refractivity contribution is 6.02. The van der Waals surface area contributed by atoms with Crippen LogP contribution in [-0.2, 0) is 4.79 Å². The van der Waals surface area contributed by atoms with Gasteiger partial charge in [0.25, 0.3) is 5.91 Å². The largest absolute Gasteiger partial charge is 0.493 e. The lowest BCUT2D eigenvalue weighted by Gasteiger charge is -2.23. The predicted octanol–water partition coefficient (Wildman–Crippen LogP) is 4.17. The molecule has 0 bridgehead atoms. The van der Waals surface area contributed by atoms with E-state index in [-0.39, 0.29) is 12.5 Å². The van der Waals surface area contributed by atoms with Crippen LogP contribution < -0.4 is 14.9 Å². The number of methoxy groups -OCH3 is 1. The number of amides is 1. The van der Waals surface area contributed by atoms with Crippen LogP contribution in [0, 0.1) is 5.92 Å². The van der Waals surface area contributed by atoms with Gasteiger partial charge in [0.2, 0.25) is 0 Å². The fraction of sp³-hybridized carbons (Fsp3) is 0.364. The van der Waals surface area contributed by atoms with Crippen LogP contribution in [0.4, 0.5) is 0 Å². The first-order valence-electron chi connectivity index (χ1n) is 9.45. The van der Waals surface area contributed by atoms with Crippen molar-refractivity contribution in [3.8, 4) is 11.5 Å². The summed E-state index contributed by atoms with van der Waals surface area (Å²) < 4.78 is 10.8. The minimum absolute atomic E-state index is 0.114. The highest BCUT2D eigenvalue weighted by atomic mass is 16.5. The SMILES string of the molecule is COc1ccccc1OCC(=O)N/N=C(/c1ccccc1)C1CCCCC1. The quantitative estimate of drug-likeness (QED) is 0.591. The number of benzene rings is 2. The Morgan fingerprint density at radius 3 is 2.37 bits per heavy atom. The predicted molar refractivity (Wildman–Crippen MR) is 106 cm³/mol. The molecule has 27 heavy (non-hydrogen) atoms. The van der Waals surface area contributed by atoms with Crippen molar-refractivity contribution in [2.24, 2.45) is 11.0 Å². The van der Waals surface area contributed by atoms with Crippen LogP contribution >= 0.6 is 0 Å². The third-order valence-electron chi connectivity index (χ3n) is 4.79. The van der Waals surface area contributed by atoms with Crippen LogP contribution in [0.2, 0.25) is 0 Å². The molecule has 2 aromatic carbocycles. The molecule has 2 aromatic rings. The van der Waals surface area contributed by atoms with E-state index in [4.69, 9.17) is 9.47 Å². The molecule has 5 nitrogen and oxygen atoms in total. The van der Waals surface area contributed by atoms with E-state index in [1.54, 1.807) is 19.2 Å². The average Bonchev–Trinajstić information content (AvgIpc) is 2.74. The third-order valence-corrected chi connectivity index (χ3v) is 4.79. The van der Waals surface area contributed by atoms with Gasteiger partial charge in [-0.2, -0.15) is 5.10 Å². The van der Waals surface area contributed by atoms with Crippen LogP contribution in [0.1, 0.15) is 37.7 Å². The number of nitrogens with one attached hydrogen (secondary N) is 1. The van der Waals surface area contributed by atoms with Crippen LogP contribution in [0.5, 0.6) is 11.5 Å². The molecule has 0 spiro atoms. The smallest absolute Gasteiger partial charge is 0.277 e. The molecule has 0 radical (unpaired) electrons. The van der Waals surface area contributed by atoms with E-state index < -0.39 is 0 Å². The van der Waals surface area contributed by atoms with Crippen LogP contribution in [-0.4, -0.2) is 25.3 Å². The summed E-state index contributed by atoms with van der Waals surface area (Å²) in [4.78, 5) is 12.3. The fourth-order valence-electron chi connectivity index (χ4n) is 3.41. The summed E-state index contributed by atoms with van der Waals surface area (Å²) >= 11 is 0. The molecule has 0 aliphatic heterocycles. The van der Waals surface area contributed by atoms with E-state index in [2.05, 4.69) is 10.5 Å². The second kappa shape index (κ2) is 9.76. The molecule has 5 heteroatoms. The zero-order valence-corrected chi connectivity index (χ0v) is 15.7. The van der Waals surface area contributed by atoms with Crippen molar-refractivity contribution < 1.29 is 14.3 Å². The van der Waals surface area contributed by atoms with Crippen molar-refractivity contribution >= 4 is 11.6 Å². The van der Waals surface area contributed by atoms with Crippen molar-refractivity contribution in [3.05, 3.63) is 60.2 Å². The molecule has 0 saturated heterocycles. The number of hydrogen-bond acceptors (Lipinski definition) is 4. The lowest BCUT2D eigenvalue weighted by molar-refractivity contribution is -0.123. The number of hydrogen-bond donors (Lipinski definition) is 1. The summed E-state index contributed by atoms with van der Waals surface area (Å²) in [5, 5.41) is 4.48. The molecule has 1 saturated carbocycles. The number of nitrogens with zero attached hydrogens (tertiary/aromatic N) is 1. The number of ether oxygens (including phenoxy) is 2. The summed E-state index contributed by atoms with van der Waals surface area (Å²) in [6.07, 6.45) is 5.92. The van der Waals surface area contributed by atoms with Crippen molar-refractivity contribution in [1.82, 2.24) is 5.43 Å². The Bertz CT molecular complexity index is 768. The number of carbonyl (C=O) groups is 1. The number of carbonyl (C=O) groups excluding carboxylic acids is 1. The summed E-state index contributed by atoms with van der Waals surface area (Å²) in [5.41, 5.74) is 4.69. The van der Waals surface area contributed by atoms with Gasteiger partial charge >= 0.3 is 0 Å². The molecular formula is C22H26N2O3. The second-order valence-electron chi connectivity index (χ2n) is 6.67. The average molecular weight is 366 g/mol. The Morgan fingerprint density at radius 2 is 1.67 bits per heavy atom. The Balaban J connectivity index is 1.65. The maximum absolute atomic E-state index is 12.3. The lowest BCUT2D eigenvalue weighted by atomic mass is 9.83. The van der Waals surface area contributed by atoms with Gasteiger partial charge in [-0.05, 0) is 30.5 Å². The minimum Gasteiger partial charge on any atom is -0.493 e. The van der Waals surface area contributed by atoms with Crippen molar-refractivity contribution in [3.63, 3.8) is 0 Å². The highest BCUT2D eigenvalue weighted by Crippen LogP contribution is 2.27. The molecule has 142 valence electrons. The van der Waals surface area contributed by atoms with Gasteiger partial charge in [0.05, 0.1) is 12.8 Å². The molecule has 1 fully saturated rings. The molecule has 1 N–H and O–H groups in total. The minimum atomic E-state index is -0.287. The van der Waals surface area contributed by atoms with E-state index in [1.807, 2.05) is 42.5 Å². The summed E-state index contributed by atoms with van der Waals surface area (Å²) in [7, 11) is 1.57. The Hall–Kier alpha value is -2.82. The Labute approximate surface area is 160 Å². The standard InChI is InChI=1S/C22H26N2O3/c1-26-19-14-8-9-15-20(19)27-16-21(25)23-24-22(17-10-4-2-5-11-17)18-12-6-3-7-13-18/h2,4-5,8-11,14-15,18H,3,6-7,12-13,16H2,1H3,(H,23,25)/b24-22-. The van der Waals surface area contributed by atoms with Crippen molar-refractivity contribution in [2.45, 2.75) is 32.1 Å². The monoisotopic (exact) mass is 366 g/mol. The Morgan fingerprint density at radius 1 is 1.00 bits per heavy atom. The zero-order chi connectivity index (χ0) is 18.9. The van der Waals surface area contributed by atoms with E-state index in [1.165, 1.54) is 19.3 Å². The molecular weight excluding hydrogens is 340 g/mol. The van der Waals surface area contributed by atoms with Gasteiger partial charge in [-0.3, -0.25) is 4.79 Å². The fourth-order valence-corrected chi connectivity index (χ4v) is 3.41. The molecule has 0 heterocycles. The molecule has 0 aromatic heterocycles. The van der Waals surface area contributed by atoms with E-state index in [0.29, 0.717) is 17.4 Å². The highest BCUT2D eigenvalue weighted by Gasteiger charge is 2.21. The maximum atomic E-state index is 12.3. The van der Waals surface area contributed by atoms with Crippen molar-refractivity contribution in [1.29, 1.82) is 0 Å². The maximum Gasteiger partial charge on any atom is 0.277 e. The van der Waals surface area contributed by atoms with Gasteiger partial charge in [0.1, 0.15) is 0 Å². The van der Waals surface area contributed by atoms with Gasteiger partial charge in [0, 0.05) is 5.92 Å². The van der Waals surface area contributed by atoms with Gasteiger partial charge < -0.3 is 9.47 Å². The first-order valence-corrected chi connectivity index (χ1v) is 9.45. The van der Waals surface area contributed by atoms with Gasteiger partial charge in [0.15, 0.2) is 18.1 Å². The first-order chi connectivity index (χ1) is 13.3. The summed E-state index contributed by atoms with van der Waals surface area (Å²) in [6, 6.07) is 17.3. The molecule has 1 amide bonds. The molecule has 1 aliphatic carbocycles. The number of para-hydroxylation sites is 2. The molecule has 3 rings (SSSR count). The molecule has 1 aliphatic rings. The Kier molecular flexibility index (Phi) is 6.85. The van der Waals surface area contributed by atoms with E-state index >= 15 is 0 Å². The lowest BCUT2D eigenvalue weighted by Crippen LogP contribution is -2.28. The summed E-state index contributed by atoms with van der Waals surface area (Å²) in [5.74, 6) is 1.23. The van der Waals surface area contributed by atoms with Crippen LogP contribution in [0.15, 0.2) is 59.7 Å². The van der Waals surface area contributed by atoms with Gasteiger partial charge in [-0.25, -0.2) is 5.43 Å². The normalized spacial score (nSPS) is 15.2. The molecule has 0 unspecified atom stereocenters. The first kappa shape index (κ1) is 19.0. The molecule has 0 atom stereocenters. The van der Waals surface area contributed by atoms with Crippen LogP contribution in [0.25, 0.3) is 0 Å².